The van der Waals surface area contributed by atoms with Gasteiger partial charge in [-0.25, -0.2) is 4.39 Å². The Labute approximate surface area is 126 Å². The molecule has 4 heteroatoms. The smallest absolute Gasteiger partial charge is 0.123 e. The van der Waals surface area contributed by atoms with Crippen molar-refractivity contribution in [1.82, 2.24) is 10.2 Å². The number of hydrogen-bond donors (Lipinski definition) is 1. The number of rotatable bonds is 4. The van der Waals surface area contributed by atoms with Crippen LogP contribution in [-0.2, 0) is 0 Å². The molecule has 1 aliphatic heterocycles. The van der Waals surface area contributed by atoms with Crippen LogP contribution in [-0.4, -0.2) is 38.2 Å². The molecule has 1 aromatic carbocycles. The molecule has 0 aromatic heterocycles. The summed E-state index contributed by atoms with van der Waals surface area (Å²) in [5.41, 5.74) is 1.03. The van der Waals surface area contributed by atoms with Gasteiger partial charge >= 0.3 is 0 Å². The van der Waals surface area contributed by atoms with Crippen molar-refractivity contribution in [2.75, 3.05) is 33.3 Å². The first-order valence-corrected chi connectivity index (χ1v) is 8.08. The molecule has 1 atom stereocenters. The maximum absolute atomic E-state index is 13.8. The number of piperazine rings is 1. The second kappa shape index (κ2) is 6.75. The summed E-state index contributed by atoms with van der Waals surface area (Å²) in [6.45, 7) is 4.09. The molecule has 116 valence electrons. The minimum Gasteiger partial charge on any atom is -0.496 e. The van der Waals surface area contributed by atoms with Crippen molar-refractivity contribution in [1.29, 1.82) is 0 Å². The molecule has 21 heavy (non-hydrogen) atoms. The van der Waals surface area contributed by atoms with Crippen LogP contribution >= 0.6 is 0 Å². The lowest BCUT2D eigenvalue weighted by molar-refractivity contribution is 0.123. The molecule has 0 bridgehead atoms. The number of benzene rings is 1. The van der Waals surface area contributed by atoms with Gasteiger partial charge in [-0.15, -0.1) is 0 Å². The quantitative estimate of drug-likeness (QED) is 0.923. The Morgan fingerprint density at radius 3 is 2.62 bits per heavy atom. The molecular weight excluding hydrogens is 267 g/mol. The predicted molar refractivity (Wildman–Crippen MR) is 82.1 cm³/mol. The average molecular weight is 292 g/mol. The molecule has 2 fully saturated rings. The number of nitrogens with zero attached hydrogens (tertiary/aromatic N) is 1. The summed E-state index contributed by atoms with van der Waals surface area (Å²) >= 11 is 0. The van der Waals surface area contributed by atoms with Gasteiger partial charge < -0.3 is 10.1 Å². The second-order valence-electron chi connectivity index (χ2n) is 6.16. The molecule has 1 saturated carbocycles. The third kappa shape index (κ3) is 3.22. The van der Waals surface area contributed by atoms with Crippen molar-refractivity contribution in [2.45, 2.75) is 31.7 Å². The summed E-state index contributed by atoms with van der Waals surface area (Å²) in [5.74, 6) is 1.29. The highest BCUT2D eigenvalue weighted by atomic mass is 19.1. The minimum atomic E-state index is -0.163. The Hall–Kier alpha value is -1.13. The molecule has 0 spiro atoms. The number of hydrogen-bond acceptors (Lipinski definition) is 3. The highest BCUT2D eigenvalue weighted by Gasteiger charge is 2.33. The van der Waals surface area contributed by atoms with Crippen LogP contribution in [0.15, 0.2) is 18.2 Å². The summed E-state index contributed by atoms with van der Waals surface area (Å²) in [5, 5.41) is 3.40. The van der Waals surface area contributed by atoms with Crippen LogP contribution in [0.5, 0.6) is 5.75 Å². The third-order valence-corrected chi connectivity index (χ3v) is 4.90. The zero-order valence-corrected chi connectivity index (χ0v) is 12.8. The molecule has 1 N–H and O–H groups in total. The minimum absolute atomic E-state index is 0.163. The molecule has 1 aromatic rings. The van der Waals surface area contributed by atoms with E-state index in [0.717, 1.165) is 37.5 Å². The van der Waals surface area contributed by atoms with E-state index in [-0.39, 0.29) is 5.82 Å². The van der Waals surface area contributed by atoms with Crippen LogP contribution in [0.3, 0.4) is 0 Å². The molecule has 1 heterocycles. The lowest BCUT2D eigenvalue weighted by Gasteiger charge is -2.39. The van der Waals surface area contributed by atoms with E-state index in [0.29, 0.717) is 12.0 Å². The van der Waals surface area contributed by atoms with Crippen molar-refractivity contribution in [3.05, 3.63) is 29.6 Å². The Kier molecular flexibility index (Phi) is 4.76. The Morgan fingerprint density at radius 2 is 1.95 bits per heavy atom. The van der Waals surface area contributed by atoms with Crippen molar-refractivity contribution < 1.29 is 9.13 Å². The van der Waals surface area contributed by atoms with Gasteiger partial charge in [-0.05, 0) is 37.0 Å². The molecule has 1 aliphatic carbocycles. The molecule has 3 nitrogen and oxygen atoms in total. The fourth-order valence-corrected chi connectivity index (χ4v) is 3.92. The van der Waals surface area contributed by atoms with Gasteiger partial charge in [-0.3, -0.25) is 4.90 Å². The summed E-state index contributed by atoms with van der Waals surface area (Å²) in [6, 6.07) is 5.24. The topological polar surface area (TPSA) is 24.5 Å². The van der Waals surface area contributed by atoms with Gasteiger partial charge in [-0.1, -0.05) is 12.8 Å². The number of halogens is 1. The lowest BCUT2D eigenvalue weighted by Crippen LogP contribution is -2.46. The van der Waals surface area contributed by atoms with E-state index in [9.17, 15) is 4.39 Å². The first kappa shape index (κ1) is 14.8. The second-order valence-corrected chi connectivity index (χ2v) is 6.16. The van der Waals surface area contributed by atoms with Gasteiger partial charge in [0.2, 0.25) is 0 Å². The fourth-order valence-electron chi connectivity index (χ4n) is 3.92. The molecule has 3 rings (SSSR count). The largest absolute Gasteiger partial charge is 0.496 e. The van der Waals surface area contributed by atoms with Crippen LogP contribution < -0.4 is 10.1 Å². The average Bonchev–Trinajstić information content (AvgIpc) is 3.03. The summed E-state index contributed by atoms with van der Waals surface area (Å²) < 4.78 is 19.3. The number of nitrogens with one attached hydrogen (secondary N) is 1. The van der Waals surface area contributed by atoms with Gasteiger partial charge in [0.15, 0.2) is 0 Å². The SMILES string of the molecule is COc1ccc(F)cc1[C@H](C1CCCC1)N1CCNCC1. The summed E-state index contributed by atoms with van der Waals surface area (Å²) in [4.78, 5) is 2.52. The van der Waals surface area contributed by atoms with Gasteiger partial charge in [0.05, 0.1) is 7.11 Å². The van der Waals surface area contributed by atoms with Crippen molar-refractivity contribution >= 4 is 0 Å². The normalized spacial score (nSPS) is 22.4. The number of ether oxygens (including phenoxy) is 1. The zero-order valence-electron chi connectivity index (χ0n) is 12.8. The van der Waals surface area contributed by atoms with E-state index in [1.807, 2.05) is 0 Å². The van der Waals surface area contributed by atoms with Crippen LogP contribution in [0.1, 0.15) is 37.3 Å². The highest BCUT2D eigenvalue weighted by molar-refractivity contribution is 5.37. The van der Waals surface area contributed by atoms with E-state index < -0.39 is 0 Å². The maximum Gasteiger partial charge on any atom is 0.123 e. The maximum atomic E-state index is 13.8. The first-order chi connectivity index (χ1) is 10.3. The molecular formula is C17H25FN2O. The van der Waals surface area contributed by atoms with Crippen LogP contribution in [0.2, 0.25) is 0 Å². The van der Waals surface area contributed by atoms with E-state index in [1.165, 1.54) is 31.7 Å². The monoisotopic (exact) mass is 292 g/mol. The van der Waals surface area contributed by atoms with Crippen molar-refractivity contribution in [3.63, 3.8) is 0 Å². The fraction of sp³-hybridized carbons (Fsp3) is 0.647. The van der Waals surface area contributed by atoms with E-state index in [1.54, 1.807) is 19.2 Å². The summed E-state index contributed by atoms with van der Waals surface area (Å²) in [7, 11) is 1.68. The van der Waals surface area contributed by atoms with Crippen LogP contribution in [0.4, 0.5) is 4.39 Å². The Bertz CT molecular complexity index is 468. The third-order valence-electron chi connectivity index (χ3n) is 4.90. The van der Waals surface area contributed by atoms with E-state index in [4.69, 9.17) is 4.74 Å². The van der Waals surface area contributed by atoms with Crippen molar-refractivity contribution in [2.24, 2.45) is 5.92 Å². The van der Waals surface area contributed by atoms with Gasteiger partial charge in [0.25, 0.3) is 0 Å². The Balaban J connectivity index is 1.95. The predicted octanol–water partition coefficient (Wildman–Crippen LogP) is 2.97. The van der Waals surface area contributed by atoms with E-state index in [2.05, 4.69) is 10.2 Å². The van der Waals surface area contributed by atoms with Crippen molar-refractivity contribution in [3.8, 4) is 5.75 Å². The van der Waals surface area contributed by atoms with E-state index >= 15 is 0 Å². The highest BCUT2D eigenvalue weighted by Crippen LogP contribution is 2.42. The lowest BCUT2D eigenvalue weighted by atomic mass is 9.89. The summed E-state index contributed by atoms with van der Waals surface area (Å²) in [6.07, 6.45) is 5.08. The molecule has 1 saturated heterocycles. The molecule has 2 aliphatic rings. The van der Waals surface area contributed by atoms with Crippen LogP contribution in [0.25, 0.3) is 0 Å². The van der Waals surface area contributed by atoms with Gasteiger partial charge in [-0.2, -0.15) is 0 Å². The zero-order chi connectivity index (χ0) is 14.7. The first-order valence-electron chi connectivity index (χ1n) is 8.08. The molecule has 0 amide bonds. The standard InChI is InChI=1S/C17H25FN2O/c1-21-16-7-6-14(18)12-15(16)17(13-4-2-3-5-13)20-10-8-19-9-11-20/h6-7,12-13,17,19H,2-5,8-11H2,1H3/t17-/m0/s1. The van der Waals surface area contributed by atoms with Gasteiger partial charge in [0, 0.05) is 37.8 Å². The molecule has 0 radical (unpaired) electrons. The number of methoxy groups -OCH3 is 1. The van der Waals surface area contributed by atoms with Gasteiger partial charge in [0.1, 0.15) is 11.6 Å². The van der Waals surface area contributed by atoms with Crippen LogP contribution in [0, 0.1) is 11.7 Å². The molecule has 0 unspecified atom stereocenters. The Morgan fingerprint density at radius 1 is 1.24 bits per heavy atom.